The molecule has 0 aliphatic carbocycles. The van der Waals surface area contributed by atoms with Gasteiger partial charge in [0, 0.05) is 30.7 Å². The molecule has 4 nitrogen and oxygen atoms in total. The molecule has 1 amide bonds. The summed E-state index contributed by atoms with van der Waals surface area (Å²) < 4.78 is 39.0. The summed E-state index contributed by atoms with van der Waals surface area (Å²) in [6.45, 7) is 3.53. The highest BCUT2D eigenvalue weighted by Crippen LogP contribution is 2.36. The molecular formula is C19H19ClF3N3O. The minimum Gasteiger partial charge on any atom is -0.355 e. The van der Waals surface area contributed by atoms with Gasteiger partial charge < -0.3 is 10.2 Å². The molecule has 0 radical (unpaired) electrons. The molecule has 0 spiro atoms. The van der Waals surface area contributed by atoms with Crippen LogP contribution in [0.25, 0.3) is 0 Å². The van der Waals surface area contributed by atoms with E-state index in [1.165, 1.54) is 18.3 Å². The first-order valence-electron chi connectivity index (χ1n) is 8.63. The number of benzene rings is 1. The van der Waals surface area contributed by atoms with Crippen LogP contribution >= 0.6 is 11.6 Å². The van der Waals surface area contributed by atoms with Crippen molar-refractivity contribution in [3.63, 3.8) is 0 Å². The zero-order valence-electron chi connectivity index (χ0n) is 14.7. The van der Waals surface area contributed by atoms with Crippen molar-refractivity contribution in [3.05, 3.63) is 52.8 Å². The number of nitrogens with zero attached hydrogens (tertiary/aromatic N) is 2. The first-order chi connectivity index (χ1) is 12.7. The number of halogens is 4. The van der Waals surface area contributed by atoms with Gasteiger partial charge in [-0.3, -0.25) is 9.78 Å². The van der Waals surface area contributed by atoms with Crippen molar-refractivity contribution in [2.24, 2.45) is 5.92 Å². The number of pyridine rings is 1. The van der Waals surface area contributed by atoms with Crippen LogP contribution in [0.5, 0.6) is 0 Å². The molecular weight excluding hydrogens is 379 g/mol. The van der Waals surface area contributed by atoms with E-state index in [1.54, 1.807) is 17.0 Å². The molecule has 1 aromatic heterocycles. The molecule has 0 bridgehead atoms. The summed E-state index contributed by atoms with van der Waals surface area (Å²) in [5.74, 6) is 0.431. The number of amides is 1. The Balaban J connectivity index is 1.77. The average molecular weight is 398 g/mol. The molecule has 2 aromatic rings. The number of hydrogen-bond acceptors (Lipinski definition) is 3. The first-order valence-corrected chi connectivity index (χ1v) is 9.01. The summed E-state index contributed by atoms with van der Waals surface area (Å²) in [4.78, 5) is 18.5. The van der Waals surface area contributed by atoms with Gasteiger partial charge in [0.1, 0.15) is 5.69 Å². The van der Waals surface area contributed by atoms with Gasteiger partial charge in [-0.05, 0) is 49.1 Å². The summed E-state index contributed by atoms with van der Waals surface area (Å²) in [6, 6.07) is 6.72. The molecule has 1 aliphatic heterocycles. The fraction of sp³-hybridized carbons (Fsp3) is 0.368. The Morgan fingerprint density at radius 1 is 1.19 bits per heavy atom. The third-order valence-corrected chi connectivity index (χ3v) is 4.94. The predicted octanol–water partition coefficient (Wildman–Crippen LogP) is 5.37. The highest BCUT2D eigenvalue weighted by atomic mass is 35.5. The second-order valence-electron chi connectivity index (χ2n) is 6.72. The van der Waals surface area contributed by atoms with Gasteiger partial charge in [0.25, 0.3) is 5.91 Å². The Morgan fingerprint density at radius 3 is 2.52 bits per heavy atom. The monoisotopic (exact) mass is 397 g/mol. The van der Waals surface area contributed by atoms with E-state index in [9.17, 15) is 18.0 Å². The van der Waals surface area contributed by atoms with Gasteiger partial charge in [-0.15, -0.1) is 0 Å². The van der Waals surface area contributed by atoms with E-state index in [0.29, 0.717) is 24.7 Å². The van der Waals surface area contributed by atoms with Gasteiger partial charge in [0.2, 0.25) is 0 Å². The zero-order valence-corrected chi connectivity index (χ0v) is 15.4. The molecule has 1 N–H and O–H groups in total. The third kappa shape index (κ3) is 4.71. The zero-order chi connectivity index (χ0) is 19.6. The number of aromatic nitrogens is 1. The Hall–Kier alpha value is -2.28. The van der Waals surface area contributed by atoms with Gasteiger partial charge in [0.05, 0.1) is 10.6 Å². The summed E-state index contributed by atoms with van der Waals surface area (Å²) in [7, 11) is 0. The largest absolute Gasteiger partial charge is 0.417 e. The van der Waals surface area contributed by atoms with Crippen LogP contribution in [0.2, 0.25) is 5.02 Å². The van der Waals surface area contributed by atoms with Crippen molar-refractivity contribution >= 4 is 28.9 Å². The quantitative estimate of drug-likeness (QED) is 0.757. The number of likely N-dealkylation sites (tertiary alicyclic amines) is 1. The maximum atomic E-state index is 13.0. The van der Waals surface area contributed by atoms with Gasteiger partial charge in [-0.2, -0.15) is 13.2 Å². The highest BCUT2D eigenvalue weighted by molar-refractivity contribution is 6.31. The molecule has 0 saturated carbocycles. The molecule has 0 unspecified atom stereocenters. The predicted molar refractivity (Wildman–Crippen MR) is 98.3 cm³/mol. The normalized spacial score (nSPS) is 15.7. The molecule has 27 heavy (non-hydrogen) atoms. The van der Waals surface area contributed by atoms with Crippen molar-refractivity contribution in [2.45, 2.75) is 25.9 Å². The Labute approximate surface area is 160 Å². The second kappa shape index (κ2) is 7.76. The lowest BCUT2D eigenvalue weighted by Crippen LogP contribution is -2.38. The van der Waals surface area contributed by atoms with Crippen LogP contribution in [0.3, 0.4) is 0 Å². The number of hydrogen-bond donors (Lipinski definition) is 1. The molecule has 1 aromatic carbocycles. The average Bonchev–Trinajstić information content (AvgIpc) is 2.63. The van der Waals surface area contributed by atoms with Gasteiger partial charge >= 0.3 is 6.18 Å². The van der Waals surface area contributed by atoms with Crippen LogP contribution in [0.1, 0.15) is 35.8 Å². The minimum absolute atomic E-state index is 0.169. The Kier molecular flexibility index (Phi) is 5.60. The number of carbonyl (C=O) groups is 1. The van der Waals surface area contributed by atoms with E-state index in [1.807, 2.05) is 0 Å². The van der Waals surface area contributed by atoms with Crippen molar-refractivity contribution in [2.75, 3.05) is 18.4 Å². The topological polar surface area (TPSA) is 45.2 Å². The number of nitrogens with one attached hydrogen (secondary N) is 1. The SMILES string of the molecule is CC1CCN(C(=O)c2cc(Nc3ccc(Cl)c(C(F)(F)F)c3)ccn2)CC1. The maximum Gasteiger partial charge on any atom is 0.417 e. The number of carbonyl (C=O) groups excluding carboxylic acids is 1. The van der Waals surface area contributed by atoms with E-state index >= 15 is 0 Å². The molecule has 2 heterocycles. The van der Waals surface area contributed by atoms with Gasteiger partial charge in [-0.1, -0.05) is 18.5 Å². The molecule has 144 valence electrons. The fourth-order valence-corrected chi connectivity index (χ4v) is 3.21. The number of rotatable bonds is 3. The Bertz CT molecular complexity index is 833. The second-order valence-corrected chi connectivity index (χ2v) is 7.13. The minimum atomic E-state index is -4.54. The lowest BCUT2D eigenvalue weighted by Gasteiger charge is -2.30. The van der Waals surface area contributed by atoms with E-state index in [4.69, 9.17) is 11.6 Å². The number of piperidine rings is 1. The molecule has 0 atom stereocenters. The number of alkyl halides is 3. The van der Waals surface area contributed by atoms with Crippen molar-refractivity contribution in [3.8, 4) is 0 Å². The summed E-state index contributed by atoms with van der Waals surface area (Å²) in [5, 5.41) is 2.52. The number of anilines is 2. The highest BCUT2D eigenvalue weighted by Gasteiger charge is 2.33. The van der Waals surface area contributed by atoms with Gasteiger partial charge in [0.15, 0.2) is 0 Å². The molecule has 8 heteroatoms. The fourth-order valence-electron chi connectivity index (χ4n) is 2.99. The van der Waals surface area contributed by atoms with Crippen molar-refractivity contribution in [1.82, 2.24) is 9.88 Å². The molecule has 3 rings (SSSR count). The molecule has 1 saturated heterocycles. The van der Waals surface area contributed by atoms with Crippen molar-refractivity contribution in [1.29, 1.82) is 0 Å². The smallest absolute Gasteiger partial charge is 0.355 e. The van der Waals surface area contributed by atoms with Crippen molar-refractivity contribution < 1.29 is 18.0 Å². The van der Waals surface area contributed by atoms with Crippen LogP contribution in [0, 0.1) is 5.92 Å². The van der Waals surface area contributed by atoms with Crippen LogP contribution in [0.4, 0.5) is 24.5 Å². The first kappa shape index (κ1) is 19.5. The summed E-state index contributed by atoms with van der Waals surface area (Å²) >= 11 is 5.64. The Morgan fingerprint density at radius 2 is 1.85 bits per heavy atom. The molecule has 1 aliphatic rings. The van der Waals surface area contributed by atoms with E-state index in [0.717, 1.165) is 18.9 Å². The third-order valence-electron chi connectivity index (χ3n) is 4.61. The molecule has 1 fully saturated rings. The van der Waals surface area contributed by atoms with Crippen LogP contribution in [-0.2, 0) is 6.18 Å². The summed E-state index contributed by atoms with van der Waals surface area (Å²) in [6.07, 6.45) is -1.17. The maximum absolute atomic E-state index is 13.0. The van der Waals surface area contributed by atoms with Crippen LogP contribution < -0.4 is 5.32 Å². The van der Waals surface area contributed by atoms with E-state index in [2.05, 4.69) is 17.2 Å². The lowest BCUT2D eigenvalue weighted by atomic mass is 9.99. The lowest BCUT2D eigenvalue weighted by molar-refractivity contribution is -0.137. The van der Waals surface area contributed by atoms with Crippen LogP contribution in [-0.4, -0.2) is 28.9 Å². The van der Waals surface area contributed by atoms with E-state index in [-0.39, 0.29) is 22.3 Å². The summed E-state index contributed by atoms with van der Waals surface area (Å²) in [5.41, 5.74) is 0.0545. The van der Waals surface area contributed by atoms with Gasteiger partial charge in [-0.25, -0.2) is 0 Å². The standard InChI is InChI=1S/C19H19ClF3N3O/c1-12-5-8-26(9-6-12)18(27)17-11-14(4-7-24-17)25-13-2-3-16(20)15(10-13)19(21,22)23/h2-4,7,10-12H,5-6,8-9H2,1H3,(H,24,25). The van der Waals surface area contributed by atoms with E-state index < -0.39 is 11.7 Å². The van der Waals surface area contributed by atoms with Crippen LogP contribution in [0.15, 0.2) is 36.5 Å².